The molecule has 16 bridgehead atoms. The Balaban J connectivity index is 1.20. The van der Waals surface area contributed by atoms with Gasteiger partial charge in [0, 0.05) is 47.3 Å². The molecule has 0 aromatic carbocycles. The molecule has 9 aliphatic carbocycles. The largest absolute Gasteiger partial charge is 0.388 e. The Morgan fingerprint density at radius 1 is 0.267 bits per heavy atom. The molecule has 0 aromatic rings. The maximum absolute atomic E-state index is 13.2. The van der Waals surface area contributed by atoms with Gasteiger partial charge in [-0.3, -0.25) is 0 Å². The number of hydrogen-bond acceptors (Lipinski definition) is 8. The van der Waals surface area contributed by atoms with Crippen LogP contribution in [0.1, 0.15) is 248 Å². The van der Waals surface area contributed by atoms with Crippen molar-refractivity contribution >= 4 is 0 Å². The van der Waals surface area contributed by atoms with Crippen LogP contribution in [-0.4, -0.2) is 89.7 Å². The Morgan fingerprint density at radius 3 is 0.713 bits per heavy atom. The lowest BCUT2D eigenvalue weighted by Crippen LogP contribution is -2.37. The third-order valence-electron chi connectivity index (χ3n) is 27.9. The molecule has 19 atom stereocenters. The van der Waals surface area contributed by atoms with Crippen molar-refractivity contribution < 1.29 is 40.9 Å². The van der Waals surface area contributed by atoms with Crippen molar-refractivity contribution in [2.24, 2.45) is 92.2 Å². The lowest BCUT2D eigenvalue weighted by Gasteiger charge is -2.41. The summed E-state index contributed by atoms with van der Waals surface area (Å²) in [6.45, 7) is 47.2. The van der Waals surface area contributed by atoms with Crippen LogP contribution < -0.4 is 0 Å². The van der Waals surface area contributed by atoms with Crippen LogP contribution in [-0.2, 0) is 0 Å². The standard InChI is InChI=1S/C93H138O8/c1-22-54(9)57-30-60-36-66-44-76(89(12,13)25-4)46-68(84(66)97)38-62-32-58(55(10)23-2)34-64(82(62)95)40-70-48-78(91(16,17)27-6)50-72(86(70)99)42-74-52-80(93(20,21)29-8)53-75(88(74)101)43-73-51-79(92(18,19)28-7)49-71(87(73)100)41-65-35-59(56(11)24-3)33-63(83(65)96)39-69-47-77(90(14,15)26-5)45-67(85(69)98)37-61(31-57)81(60)94/h30-35,44-56,60,62-63,66-67,72-74,81-88,94-101H,22-29,36-43H2,1-21H3/t54-,55-,56-,60?,62?,63?,66?,67?,72?,73?,74?,81?,82?,83?,84?,85?,86?,87?,88?/m0/s1. The summed E-state index contributed by atoms with van der Waals surface area (Å²) >= 11 is 0. The molecule has 1 fully saturated rings. The summed E-state index contributed by atoms with van der Waals surface area (Å²) in [6, 6.07) is 0. The van der Waals surface area contributed by atoms with Crippen molar-refractivity contribution in [1.29, 1.82) is 0 Å². The molecule has 8 nitrogen and oxygen atoms in total. The van der Waals surface area contributed by atoms with Crippen molar-refractivity contribution in [3.8, 4) is 0 Å². The average Bonchev–Trinajstić information content (AvgIpc) is 0.780. The molecule has 9 aliphatic rings. The summed E-state index contributed by atoms with van der Waals surface area (Å²) in [7, 11) is 0. The Labute approximate surface area is 613 Å². The van der Waals surface area contributed by atoms with Gasteiger partial charge in [0.15, 0.2) is 0 Å². The summed E-state index contributed by atoms with van der Waals surface area (Å²) < 4.78 is 0. The van der Waals surface area contributed by atoms with Gasteiger partial charge in [0.05, 0.1) is 48.8 Å². The zero-order valence-electron chi connectivity index (χ0n) is 66.6. The van der Waals surface area contributed by atoms with Gasteiger partial charge in [-0.25, -0.2) is 0 Å². The fraction of sp³-hybridized carbons (Fsp3) is 0.656. The molecule has 16 unspecified atom stereocenters. The fourth-order valence-electron chi connectivity index (χ4n) is 17.3. The zero-order chi connectivity index (χ0) is 74.3. The minimum Gasteiger partial charge on any atom is -0.388 e. The Kier molecular flexibility index (Phi) is 25.8. The second-order valence-corrected chi connectivity index (χ2v) is 36.5. The monoisotopic (exact) mass is 1380 g/mol. The van der Waals surface area contributed by atoms with Gasteiger partial charge in [-0.1, -0.05) is 243 Å². The minimum absolute atomic E-state index is 0.194. The first kappa shape index (κ1) is 80.6. The van der Waals surface area contributed by atoms with Crippen molar-refractivity contribution in [2.75, 3.05) is 0 Å². The topological polar surface area (TPSA) is 162 Å². The Bertz CT molecular complexity index is 3550. The van der Waals surface area contributed by atoms with Crippen molar-refractivity contribution in [3.05, 3.63) is 186 Å². The molecule has 1 saturated carbocycles. The van der Waals surface area contributed by atoms with Crippen LogP contribution in [0, 0.1) is 92.2 Å². The van der Waals surface area contributed by atoms with E-state index < -0.39 is 48.8 Å². The quantitative estimate of drug-likeness (QED) is 0.0758. The second kappa shape index (κ2) is 32.3. The van der Waals surface area contributed by atoms with E-state index in [9.17, 15) is 40.9 Å². The molecule has 0 amide bonds. The third-order valence-corrected chi connectivity index (χ3v) is 27.9. The Hall–Kier alpha value is -4.48. The van der Waals surface area contributed by atoms with Crippen LogP contribution in [0.25, 0.3) is 0 Å². The maximum atomic E-state index is 13.2. The van der Waals surface area contributed by atoms with Gasteiger partial charge >= 0.3 is 0 Å². The summed E-state index contributed by atoms with van der Waals surface area (Å²) in [5.74, 6) is -2.25. The van der Waals surface area contributed by atoms with Crippen LogP contribution in [0.4, 0.5) is 0 Å². The predicted molar refractivity (Wildman–Crippen MR) is 421 cm³/mol. The second-order valence-electron chi connectivity index (χ2n) is 36.5. The number of fused-ring (bicyclic) bond motifs is 16. The van der Waals surface area contributed by atoms with Crippen LogP contribution in [0.15, 0.2) is 186 Å². The number of allylic oxidation sites excluding steroid dienone is 16. The summed E-state index contributed by atoms with van der Waals surface area (Å²) in [5.41, 5.74) is 15.0. The number of rotatable bonds is 16. The highest BCUT2D eigenvalue weighted by molar-refractivity contribution is 5.49. The van der Waals surface area contributed by atoms with Gasteiger partial charge in [0.1, 0.15) is 0 Å². The Morgan fingerprint density at radius 2 is 0.446 bits per heavy atom. The van der Waals surface area contributed by atoms with E-state index >= 15 is 0 Å². The number of hydrogen-bond donors (Lipinski definition) is 8. The molecule has 0 aromatic heterocycles. The minimum atomic E-state index is -0.907. The molecular formula is C93H138O8. The molecule has 101 heavy (non-hydrogen) atoms. The predicted octanol–water partition coefficient (Wildman–Crippen LogP) is 20.2. The van der Waals surface area contributed by atoms with Gasteiger partial charge in [-0.2, -0.15) is 0 Å². The SMILES string of the molecule is CC[C@H](C)C1=CC2CC3=CC(C(C)(C)CC)=CC(CC4=CC([C@@H](C)CC)=CC(CC5C=C(C(C)(C)CC)C=C(CC6C=C([C@@H](C)CC)C=C(CC7=CC(C(C)(C)CC)=CC(CC8C=C(C(C)(C)CC)C=C(CC9C=C(C(C)(C)CC)C=C(CC(=C1)C2O)C9O)C8O)C7O)C6O)C5O)C4O)C3O. The smallest absolute Gasteiger partial charge is 0.0822 e. The van der Waals surface area contributed by atoms with E-state index in [1.165, 1.54) is 5.57 Å². The molecule has 0 aliphatic heterocycles. The summed E-state index contributed by atoms with van der Waals surface area (Å²) in [5, 5.41) is 105. The van der Waals surface area contributed by atoms with E-state index in [4.69, 9.17) is 0 Å². The zero-order valence-corrected chi connectivity index (χ0v) is 66.6. The van der Waals surface area contributed by atoms with Crippen molar-refractivity contribution in [1.82, 2.24) is 0 Å². The van der Waals surface area contributed by atoms with Gasteiger partial charge < -0.3 is 40.9 Å². The molecule has 0 heterocycles. The molecule has 558 valence electrons. The highest BCUT2D eigenvalue weighted by atomic mass is 16.3. The van der Waals surface area contributed by atoms with Crippen LogP contribution >= 0.6 is 0 Å². The first-order chi connectivity index (χ1) is 47.4. The van der Waals surface area contributed by atoms with Crippen molar-refractivity contribution in [3.63, 3.8) is 0 Å². The van der Waals surface area contributed by atoms with E-state index in [2.05, 4.69) is 243 Å². The summed E-state index contributed by atoms with van der Waals surface area (Å²) in [4.78, 5) is 0. The van der Waals surface area contributed by atoms with Crippen LogP contribution in [0.3, 0.4) is 0 Å². The molecule has 0 saturated heterocycles. The third kappa shape index (κ3) is 17.5. The van der Waals surface area contributed by atoms with Gasteiger partial charge in [0.25, 0.3) is 0 Å². The normalized spacial score (nSPS) is 33.0. The first-order valence-electron chi connectivity index (χ1n) is 40.2. The van der Waals surface area contributed by atoms with E-state index in [-0.39, 0.29) is 92.2 Å². The van der Waals surface area contributed by atoms with Crippen LogP contribution in [0.5, 0.6) is 0 Å². The van der Waals surface area contributed by atoms with Gasteiger partial charge in [-0.15, -0.1) is 0 Å². The number of aliphatic hydroxyl groups excluding tert-OH is 8. The molecular weight excluding hydrogens is 1250 g/mol. The lowest BCUT2D eigenvalue weighted by molar-refractivity contribution is 0.0967. The fourth-order valence-corrected chi connectivity index (χ4v) is 17.3. The van der Waals surface area contributed by atoms with E-state index in [1.54, 1.807) is 0 Å². The molecule has 0 radical (unpaired) electrons. The lowest BCUT2D eigenvalue weighted by atomic mass is 9.67. The number of aliphatic hydroxyl groups is 8. The van der Waals surface area contributed by atoms with E-state index in [0.717, 1.165) is 135 Å². The summed E-state index contributed by atoms with van der Waals surface area (Å²) in [6.07, 6.45) is 39.3. The molecule has 9 rings (SSSR count). The van der Waals surface area contributed by atoms with Gasteiger partial charge in [0.2, 0.25) is 0 Å². The van der Waals surface area contributed by atoms with Crippen molar-refractivity contribution in [2.45, 2.75) is 297 Å². The molecule has 0 spiro atoms. The van der Waals surface area contributed by atoms with E-state index in [1.807, 2.05) is 0 Å². The average molecular weight is 1380 g/mol. The van der Waals surface area contributed by atoms with E-state index in [0.29, 0.717) is 51.4 Å². The highest BCUT2D eigenvalue weighted by Gasteiger charge is 2.44. The molecule has 8 N–H and O–H groups in total. The highest BCUT2D eigenvalue weighted by Crippen LogP contribution is 2.51. The van der Waals surface area contributed by atoms with Crippen LogP contribution in [0.2, 0.25) is 0 Å². The molecule has 8 heteroatoms. The maximum Gasteiger partial charge on any atom is 0.0822 e. The first-order valence-corrected chi connectivity index (χ1v) is 40.2. The van der Waals surface area contributed by atoms with Gasteiger partial charge in [-0.05, 0) is 237 Å².